The zero-order chi connectivity index (χ0) is 13.0. The van der Waals surface area contributed by atoms with Gasteiger partial charge in [0.1, 0.15) is 6.26 Å². The second kappa shape index (κ2) is 5.39. The van der Waals surface area contributed by atoms with Crippen molar-refractivity contribution in [2.75, 3.05) is 18.5 Å². The molecule has 2 N–H and O–H groups in total. The van der Waals surface area contributed by atoms with Crippen molar-refractivity contribution >= 4 is 12.0 Å². The molecule has 2 rings (SSSR count). The van der Waals surface area contributed by atoms with Gasteiger partial charge in [-0.2, -0.15) is 4.98 Å². The molecule has 0 aliphatic heterocycles. The summed E-state index contributed by atoms with van der Waals surface area (Å²) in [7, 11) is 0. The molecule has 0 unspecified atom stereocenters. The molecule has 1 heterocycles. The van der Waals surface area contributed by atoms with Gasteiger partial charge in [0, 0.05) is 0 Å². The highest BCUT2D eigenvalue weighted by atomic mass is 16.5. The van der Waals surface area contributed by atoms with Crippen molar-refractivity contribution in [3.05, 3.63) is 12.0 Å². The second-order valence-electron chi connectivity index (χ2n) is 4.53. The Labute approximate surface area is 105 Å². The van der Waals surface area contributed by atoms with Crippen molar-refractivity contribution in [3.8, 4) is 0 Å². The van der Waals surface area contributed by atoms with Crippen LogP contribution in [0.1, 0.15) is 43.1 Å². The number of carbonyl (C=O) groups excluding carboxylic acids is 1. The van der Waals surface area contributed by atoms with E-state index in [0.29, 0.717) is 6.61 Å². The molecular formula is C12H18N2O4. The molecular weight excluding hydrogens is 236 g/mol. The number of rotatable bonds is 5. The minimum absolute atomic E-state index is 0.0319. The fourth-order valence-corrected chi connectivity index (χ4v) is 2.23. The Morgan fingerprint density at radius 1 is 1.61 bits per heavy atom. The maximum absolute atomic E-state index is 11.4. The van der Waals surface area contributed by atoms with Crippen LogP contribution in [0.25, 0.3) is 0 Å². The smallest absolute Gasteiger partial charge is 0.360 e. The molecule has 0 radical (unpaired) electrons. The number of nitrogens with zero attached hydrogens (tertiary/aromatic N) is 1. The van der Waals surface area contributed by atoms with Gasteiger partial charge in [-0.1, -0.05) is 12.8 Å². The minimum atomic E-state index is -0.501. The molecule has 100 valence electrons. The molecule has 0 bridgehead atoms. The normalized spacial score (nSPS) is 17.7. The van der Waals surface area contributed by atoms with Gasteiger partial charge in [-0.3, -0.25) is 0 Å². The largest absolute Gasteiger partial charge is 0.461 e. The summed E-state index contributed by atoms with van der Waals surface area (Å²) < 4.78 is 10.0. The van der Waals surface area contributed by atoms with Crippen LogP contribution < -0.4 is 5.32 Å². The summed E-state index contributed by atoms with van der Waals surface area (Å²) in [5, 5.41) is 12.5. The second-order valence-corrected chi connectivity index (χ2v) is 4.53. The Kier molecular flexibility index (Phi) is 3.86. The van der Waals surface area contributed by atoms with Crippen molar-refractivity contribution in [2.45, 2.75) is 38.1 Å². The van der Waals surface area contributed by atoms with E-state index in [1.807, 2.05) is 0 Å². The Morgan fingerprint density at radius 2 is 2.33 bits per heavy atom. The summed E-state index contributed by atoms with van der Waals surface area (Å²) in [6.07, 6.45) is 5.15. The lowest BCUT2D eigenvalue weighted by atomic mass is 9.99. The lowest BCUT2D eigenvalue weighted by molar-refractivity contribution is 0.0519. The van der Waals surface area contributed by atoms with Crippen molar-refractivity contribution in [3.63, 3.8) is 0 Å². The molecule has 0 amide bonds. The van der Waals surface area contributed by atoms with Crippen LogP contribution in [0.2, 0.25) is 0 Å². The van der Waals surface area contributed by atoms with Crippen molar-refractivity contribution in [1.29, 1.82) is 0 Å². The molecule has 0 aromatic carbocycles. The highest BCUT2D eigenvalue weighted by Gasteiger charge is 2.34. The molecule has 1 aliphatic rings. The standard InChI is InChI=1S/C12H18N2O4/c1-2-17-10(16)9-7-18-11(13-9)14-12(8-15)5-3-4-6-12/h7,15H,2-6,8H2,1H3,(H,13,14). The van der Waals surface area contributed by atoms with Crippen LogP contribution in [-0.4, -0.2) is 34.8 Å². The Bertz CT molecular complexity index is 410. The number of anilines is 1. The van der Waals surface area contributed by atoms with Gasteiger partial charge in [-0.15, -0.1) is 0 Å². The van der Waals surface area contributed by atoms with Crippen molar-refractivity contribution < 1.29 is 19.1 Å². The molecule has 0 spiro atoms. The third kappa shape index (κ3) is 2.64. The van der Waals surface area contributed by atoms with Gasteiger partial charge in [0.15, 0.2) is 5.69 Å². The summed E-state index contributed by atoms with van der Waals surface area (Å²) in [5.74, 6) is -0.501. The Balaban J connectivity index is 2.04. The number of aliphatic hydroxyl groups excluding tert-OH is 1. The van der Waals surface area contributed by atoms with Crippen LogP contribution >= 0.6 is 0 Å². The number of hydrogen-bond acceptors (Lipinski definition) is 6. The van der Waals surface area contributed by atoms with Crippen molar-refractivity contribution in [2.24, 2.45) is 0 Å². The van der Waals surface area contributed by atoms with E-state index in [0.717, 1.165) is 25.7 Å². The van der Waals surface area contributed by atoms with Crippen LogP contribution in [0.5, 0.6) is 0 Å². The number of nitrogens with one attached hydrogen (secondary N) is 1. The average molecular weight is 254 g/mol. The van der Waals surface area contributed by atoms with E-state index in [9.17, 15) is 9.90 Å². The minimum Gasteiger partial charge on any atom is -0.461 e. The van der Waals surface area contributed by atoms with E-state index in [2.05, 4.69) is 10.3 Å². The van der Waals surface area contributed by atoms with Gasteiger partial charge in [-0.25, -0.2) is 4.79 Å². The van der Waals surface area contributed by atoms with E-state index in [1.165, 1.54) is 6.26 Å². The molecule has 0 atom stereocenters. The number of oxazole rings is 1. The Morgan fingerprint density at radius 3 is 2.94 bits per heavy atom. The first-order chi connectivity index (χ1) is 8.69. The average Bonchev–Trinajstić information content (AvgIpc) is 3.00. The number of ether oxygens (including phenoxy) is 1. The summed E-state index contributed by atoms with van der Waals surface area (Å²) >= 11 is 0. The zero-order valence-corrected chi connectivity index (χ0v) is 10.4. The molecule has 6 nitrogen and oxygen atoms in total. The highest BCUT2D eigenvalue weighted by Crippen LogP contribution is 2.32. The number of esters is 1. The zero-order valence-electron chi connectivity index (χ0n) is 10.4. The fraction of sp³-hybridized carbons (Fsp3) is 0.667. The van der Waals surface area contributed by atoms with Crippen LogP contribution in [0.4, 0.5) is 6.01 Å². The van der Waals surface area contributed by atoms with E-state index >= 15 is 0 Å². The molecule has 18 heavy (non-hydrogen) atoms. The third-order valence-corrected chi connectivity index (χ3v) is 3.22. The molecule has 1 aliphatic carbocycles. The Hall–Kier alpha value is -1.56. The van der Waals surface area contributed by atoms with Gasteiger partial charge in [0.05, 0.1) is 18.8 Å². The molecule has 1 saturated carbocycles. The van der Waals surface area contributed by atoms with Gasteiger partial charge in [-0.05, 0) is 19.8 Å². The first-order valence-corrected chi connectivity index (χ1v) is 6.21. The predicted molar refractivity (Wildman–Crippen MR) is 64.4 cm³/mol. The molecule has 1 fully saturated rings. The van der Waals surface area contributed by atoms with Crippen LogP contribution in [0.3, 0.4) is 0 Å². The number of aliphatic hydroxyl groups is 1. The summed E-state index contributed by atoms with van der Waals surface area (Å²) in [6.45, 7) is 2.07. The SMILES string of the molecule is CCOC(=O)c1coc(NC2(CO)CCCC2)n1. The first-order valence-electron chi connectivity index (χ1n) is 6.21. The van der Waals surface area contributed by atoms with Gasteiger partial charge < -0.3 is 19.6 Å². The topological polar surface area (TPSA) is 84.6 Å². The van der Waals surface area contributed by atoms with Gasteiger partial charge in [0.25, 0.3) is 6.01 Å². The predicted octanol–water partition coefficient (Wildman–Crippen LogP) is 1.57. The van der Waals surface area contributed by atoms with Crippen LogP contribution in [0.15, 0.2) is 10.7 Å². The number of carbonyl (C=O) groups is 1. The van der Waals surface area contributed by atoms with Gasteiger partial charge >= 0.3 is 5.97 Å². The lowest BCUT2D eigenvalue weighted by Crippen LogP contribution is -2.39. The van der Waals surface area contributed by atoms with E-state index in [1.54, 1.807) is 6.92 Å². The quantitative estimate of drug-likeness (QED) is 0.776. The van der Waals surface area contributed by atoms with Crippen molar-refractivity contribution in [1.82, 2.24) is 4.98 Å². The fourth-order valence-electron chi connectivity index (χ4n) is 2.23. The first kappa shape index (κ1) is 12.9. The number of aromatic nitrogens is 1. The van der Waals surface area contributed by atoms with Crippen LogP contribution in [-0.2, 0) is 4.74 Å². The van der Waals surface area contributed by atoms with Gasteiger partial charge in [0.2, 0.25) is 0 Å². The molecule has 0 saturated heterocycles. The monoisotopic (exact) mass is 254 g/mol. The van der Waals surface area contributed by atoms with E-state index in [4.69, 9.17) is 9.15 Å². The van der Waals surface area contributed by atoms with E-state index < -0.39 is 5.97 Å². The maximum Gasteiger partial charge on any atom is 0.360 e. The summed E-state index contributed by atoms with van der Waals surface area (Å²) in [5.41, 5.74) is -0.220. The molecule has 6 heteroatoms. The maximum atomic E-state index is 11.4. The summed E-state index contributed by atoms with van der Waals surface area (Å²) in [6, 6.07) is 0.258. The van der Waals surface area contributed by atoms with Crippen LogP contribution in [0, 0.1) is 0 Å². The number of hydrogen-bond donors (Lipinski definition) is 2. The lowest BCUT2D eigenvalue weighted by Gasteiger charge is -2.26. The summed E-state index contributed by atoms with van der Waals surface area (Å²) in [4.78, 5) is 15.4. The molecule has 1 aromatic heterocycles. The third-order valence-electron chi connectivity index (χ3n) is 3.22. The van der Waals surface area contributed by atoms with E-state index in [-0.39, 0.29) is 23.9 Å². The molecule has 1 aromatic rings. The highest BCUT2D eigenvalue weighted by molar-refractivity contribution is 5.87.